The van der Waals surface area contributed by atoms with Crippen LogP contribution in [0.1, 0.15) is 5.56 Å². The first-order valence-corrected chi connectivity index (χ1v) is 15.0. The normalized spacial score (nSPS) is 12.5. The molecule has 2 aliphatic heterocycles. The summed E-state index contributed by atoms with van der Waals surface area (Å²) in [4.78, 5) is 10.3. The summed E-state index contributed by atoms with van der Waals surface area (Å²) in [6.07, 6.45) is 0. The molecule has 0 amide bonds. The van der Waals surface area contributed by atoms with Gasteiger partial charge in [-0.1, -0.05) is 36.4 Å². The van der Waals surface area contributed by atoms with Gasteiger partial charge in [-0.3, -0.25) is 0 Å². The summed E-state index contributed by atoms with van der Waals surface area (Å²) < 4.78 is 29.1. The highest BCUT2D eigenvalue weighted by molar-refractivity contribution is 7.91. The van der Waals surface area contributed by atoms with Crippen LogP contribution < -0.4 is 0 Å². The number of nitriles is 1. The lowest BCUT2D eigenvalue weighted by Gasteiger charge is -2.11. The molecule has 0 N–H and O–H groups in total. The van der Waals surface area contributed by atoms with E-state index in [9.17, 15) is 8.42 Å². The SMILES string of the molecule is N#Cc1ccc(S(=O)(=O)c2ccc(-n3c4c5nc6ccccc6c-5cc4c4cc5nc6ccccc6c-5c43)cc2)cc1. The topological polar surface area (TPSA) is 88.6 Å². The largest absolute Gasteiger partial charge is 0.306 e. The standard InChI is InChI=1S/C35H18N4O2S/c36-19-20-9-13-22(14-10-20)42(40,41)23-15-11-21(12-16-23)39-34-28(18-31-32(34)25-6-2-4-8-30(25)37-31)27-17-26-24-5-1-3-7-29(24)38-33(26)35(27)39/h1-18H. The van der Waals surface area contributed by atoms with Crippen LogP contribution in [-0.2, 0) is 9.84 Å². The number of benzene rings is 4. The molecular formula is C35H18N4O2S. The van der Waals surface area contributed by atoms with Gasteiger partial charge < -0.3 is 4.57 Å². The molecule has 0 unspecified atom stereocenters. The van der Waals surface area contributed by atoms with Gasteiger partial charge in [-0.15, -0.1) is 0 Å². The van der Waals surface area contributed by atoms with Crippen molar-refractivity contribution in [1.82, 2.24) is 14.5 Å². The summed E-state index contributed by atoms with van der Waals surface area (Å²) >= 11 is 0. The first-order chi connectivity index (χ1) is 20.5. The highest BCUT2D eigenvalue weighted by Gasteiger charge is 2.30. The number of fused-ring (bicyclic) bond motifs is 11. The zero-order chi connectivity index (χ0) is 28.2. The van der Waals surface area contributed by atoms with Crippen LogP contribution in [-0.4, -0.2) is 23.0 Å². The maximum Gasteiger partial charge on any atom is 0.206 e. The molecular weight excluding hydrogens is 540 g/mol. The molecule has 196 valence electrons. The summed E-state index contributed by atoms with van der Waals surface area (Å²) in [6.45, 7) is 0. The first-order valence-electron chi connectivity index (χ1n) is 13.5. The van der Waals surface area contributed by atoms with Gasteiger partial charge in [-0.25, -0.2) is 18.4 Å². The Bertz CT molecular complexity index is 2580. The number of rotatable bonds is 3. The van der Waals surface area contributed by atoms with Crippen molar-refractivity contribution in [3.63, 3.8) is 0 Å². The number of aromatic nitrogens is 3. The number of para-hydroxylation sites is 2. The van der Waals surface area contributed by atoms with Crippen molar-refractivity contribution < 1.29 is 8.42 Å². The second-order valence-corrected chi connectivity index (χ2v) is 12.5. The molecule has 0 radical (unpaired) electrons. The lowest BCUT2D eigenvalue weighted by molar-refractivity contribution is 0.596. The fourth-order valence-corrected chi connectivity index (χ4v) is 7.69. The van der Waals surface area contributed by atoms with Gasteiger partial charge in [0.1, 0.15) is 0 Å². The smallest absolute Gasteiger partial charge is 0.206 e. The van der Waals surface area contributed by atoms with E-state index in [2.05, 4.69) is 28.8 Å². The number of nitrogens with zero attached hydrogens (tertiary/aromatic N) is 4. The highest BCUT2D eigenvalue weighted by Crippen LogP contribution is 2.50. The number of sulfone groups is 1. The van der Waals surface area contributed by atoms with Crippen LogP contribution in [0.15, 0.2) is 119 Å². The molecule has 9 rings (SSSR count). The molecule has 6 nitrogen and oxygen atoms in total. The van der Waals surface area contributed by atoms with E-state index in [0.717, 1.165) is 71.8 Å². The maximum atomic E-state index is 13.4. The second kappa shape index (κ2) is 8.00. The molecule has 0 atom stereocenters. The van der Waals surface area contributed by atoms with Crippen molar-refractivity contribution in [3.05, 3.63) is 115 Å². The Morgan fingerprint density at radius 1 is 0.643 bits per heavy atom. The lowest BCUT2D eigenvalue weighted by atomic mass is 10.1. The van der Waals surface area contributed by atoms with Crippen LogP contribution in [0.2, 0.25) is 0 Å². The summed E-state index contributed by atoms with van der Waals surface area (Å²) in [7, 11) is -3.76. The minimum atomic E-state index is -3.76. The third-order valence-electron chi connectivity index (χ3n) is 8.33. The molecule has 0 saturated carbocycles. The average Bonchev–Trinajstić information content (AvgIpc) is 3.80. The third-order valence-corrected chi connectivity index (χ3v) is 10.1. The molecule has 0 fully saturated rings. The monoisotopic (exact) mass is 558 g/mol. The van der Waals surface area contributed by atoms with Gasteiger partial charge in [0.25, 0.3) is 0 Å². The van der Waals surface area contributed by atoms with E-state index in [4.69, 9.17) is 15.2 Å². The Hall–Kier alpha value is -5.58. The lowest BCUT2D eigenvalue weighted by Crippen LogP contribution is -2.03. The quantitative estimate of drug-likeness (QED) is 0.222. The van der Waals surface area contributed by atoms with Crippen molar-refractivity contribution in [2.45, 2.75) is 9.79 Å². The van der Waals surface area contributed by atoms with E-state index in [1.807, 2.05) is 54.6 Å². The predicted molar refractivity (Wildman–Crippen MR) is 164 cm³/mol. The molecule has 5 aromatic rings. The summed E-state index contributed by atoms with van der Waals surface area (Å²) in [5.74, 6) is 0. The van der Waals surface area contributed by atoms with Crippen LogP contribution in [0.5, 0.6) is 0 Å². The van der Waals surface area contributed by atoms with E-state index in [-0.39, 0.29) is 9.79 Å². The van der Waals surface area contributed by atoms with Crippen LogP contribution in [0, 0.1) is 11.3 Å². The molecule has 4 aliphatic rings. The van der Waals surface area contributed by atoms with Crippen molar-refractivity contribution in [3.8, 4) is 34.3 Å². The highest BCUT2D eigenvalue weighted by atomic mass is 32.2. The summed E-state index contributed by atoms with van der Waals surface area (Å²) in [6, 6.07) is 35.7. The molecule has 2 aliphatic carbocycles. The third kappa shape index (κ3) is 2.94. The molecule has 0 spiro atoms. The number of hydrogen-bond donors (Lipinski definition) is 0. The number of hydrogen-bond acceptors (Lipinski definition) is 5. The Balaban J connectivity index is 1.32. The predicted octanol–water partition coefficient (Wildman–Crippen LogP) is 7.67. The fraction of sp³-hybridized carbons (Fsp3) is 0. The van der Waals surface area contributed by atoms with Crippen LogP contribution in [0.4, 0.5) is 0 Å². The van der Waals surface area contributed by atoms with Gasteiger partial charge in [0.05, 0.1) is 54.9 Å². The van der Waals surface area contributed by atoms with Gasteiger partial charge >= 0.3 is 0 Å². The van der Waals surface area contributed by atoms with Crippen LogP contribution in [0.3, 0.4) is 0 Å². The van der Waals surface area contributed by atoms with E-state index in [1.165, 1.54) is 24.3 Å². The van der Waals surface area contributed by atoms with Crippen LogP contribution >= 0.6 is 0 Å². The molecule has 1 aromatic heterocycles. The van der Waals surface area contributed by atoms with Gasteiger partial charge in [0.2, 0.25) is 9.84 Å². The molecule has 0 saturated heterocycles. The van der Waals surface area contributed by atoms with Crippen molar-refractivity contribution >= 4 is 53.4 Å². The molecule has 3 heterocycles. The van der Waals surface area contributed by atoms with Crippen LogP contribution in [0.25, 0.3) is 71.8 Å². The van der Waals surface area contributed by atoms with Gasteiger partial charge in [0, 0.05) is 38.4 Å². The van der Waals surface area contributed by atoms with E-state index in [1.54, 1.807) is 12.1 Å². The van der Waals surface area contributed by atoms with E-state index < -0.39 is 9.84 Å². The van der Waals surface area contributed by atoms with E-state index in [0.29, 0.717) is 5.56 Å². The molecule has 4 aromatic carbocycles. The average molecular weight is 559 g/mol. The fourth-order valence-electron chi connectivity index (χ4n) is 6.43. The Labute approximate surface area is 240 Å². The Morgan fingerprint density at radius 3 is 1.98 bits per heavy atom. The van der Waals surface area contributed by atoms with E-state index >= 15 is 0 Å². The van der Waals surface area contributed by atoms with Crippen molar-refractivity contribution in [2.75, 3.05) is 0 Å². The molecule has 42 heavy (non-hydrogen) atoms. The van der Waals surface area contributed by atoms with Crippen molar-refractivity contribution in [2.24, 2.45) is 0 Å². The summed E-state index contributed by atoms with van der Waals surface area (Å²) in [5, 5.41) is 13.5. The van der Waals surface area contributed by atoms with Gasteiger partial charge in [-0.05, 0) is 72.8 Å². The van der Waals surface area contributed by atoms with Gasteiger partial charge in [0.15, 0.2) is 0 Å². The van der Waals surface area contributed by atoms with Crippen molar-refractivity contribution in [1.29, 1.82) is 5.26 Å². The zero-order valence-corrected chi connectivity index (χ0v) is 22.7. The minimum Gasteiger partial charge on any atom is -0.306 e. The zero-order valence-electron chi connectivity index (χ0n) is 21.9. The maximum absolute atomic E-state index is 13.4. The summed E-state index contributed by atoms with van der Waals surface area (Å²) in [5.41, 5.74) is 9.24. The second-order valence-electron chi connectivity index (χ2n) is 10.6. The first kappa shape index (κ1) is 23.2. The Kier molecular flexibility index (Phi) is 4.41. The molecule has 0 bridgehead atoms. The minimum absolute atomic E-state index is 0.150. The molecule has 7 heteroatoms. The van der Waals surface area contributed by atoms with Gasteiger partial charge in [-0.2, -0.15) is 5.26 Å². The Morgan fingerprint density at radius 2 is 1.26 bits per heavy atom.